The molecule has 0 saturated heterocycles. The van der Waals surface area contributed by atoms with Crippen molar-refractivity contribution in [2.24, 2.45) is 5.92 Å². The molecule has 144 valence electrons. The Hall–Kier alpha value is -2.90. The predicted octanol–water partition coefficient (Wildman–Crippen LogP) is 2.20. The van der Waals surface area contributed by atoms with Crippen LogP contribution >= 0.6 is 0 Å². The fourth-order valence-corrected chi connectivity index (χ4v) is 3.28. The van der Waals surface area contributed by atoms with Crippen molar-refractivity contribution in [1.29, 1.82) is 0 Å². The van der Waals surface area contributed by atoms with Gasteiger partial charge in [-0.15, -0.1) is 0 Å². The maximum atomic E-state index is 12.1. The molecule has 0 aromatic carbocycles. The van der Waals surface area contributed by atoms with Crippen LogP contribution in [0.25, 0.3) is 5.65 Å². The molecule has 1 saturated carbocycles. The van der Waals surface area contributed by atoms with Crippen LogP contribution in [-0.2, 0) is 9.53 Å². The number of amides is 3. The summed E-state index contributed by atoms with van der Waals surface area (Å²) in [4.78, 5) is 40.0. The number of aromatic nitrogens is 2. The number of carbonyl (C=O) groups excluding carboxylic acids is 3. The summed E-state index contributed by atoms with van der Waals surface area (Å²) < 4.78 is 6.65. The van der Waals surface area contributed by atoms with Gasteiger partial charge in [-0.05, 0) is 43.4 Å². The molecule has 0 aliphatic heterocycles. The number of ether oxygens (including phenoxy) is 1. The molecular formula is C19H24N4O4. The van der Waals surface area contributed by atoms with Crippen molar-refractivity contribution in [2.45, 2.75) is 45.6 Å². The van der Waals surface area contributed by atoms with Gasteiger partial charge in [-0.25, -0.2) is 14.6 Å². The van der Waals surface area contributed by atoms with Gasteiger partial charge in [-0.2, -0.15) is 0 Å². The minimum atomic E-state index is -0.715. The summed E-state index contributed by atoms with van der Waals surface area (Å²) in [6.45, 7) is 3.47. The van der Waals surface area contributed by atoms with Crippen LogP contribution < -0.4 is 10.6 Å². The first-order valence-electron chi connectivity index (χ1n) is 9.15. The topological polar surface area (TPSA) is 102 Å². The summed E-state index contributed by atoms with van der Waals surface area (Å²) >= 11 is 0. The monoisotopic (exact) mass is 372 g/mol. The normalized spacial score (nSPS) is 19.5. The number of nitrogens with zero attached hydrogens (tertiary/aromatic N) is 2. The van der Waals surface area contributed by atoms with Gasteiger partial charge >= 0.3 is 12.0 Å². The summed E-state index contributed by atoms with van der Waals surface area (Å²) in [6, 6.07) is 3.23. The van der Waals surface area contributed by atoms with Crippen molar-refractivity contribution in [2.75, 3.05) is 6.61 Å². The number of rotatable bonds is 4. The Morgan fingerprint density at radius 1 is 1.30 bits per heavy atom. The second-order valence-corrected chi connectivity index (χ2v) is 7.06. The highest BCUT2D eigenvalue weighted by molar-refractivity contribution is 5.96. The average Bonchev–Trinajstić information content (AvgIpc) is 3.04. The average molecular weight is 372 g/mol. The molecule has 1 aliphatic rings. The zero-order valence-electron chi connectivity index (χ0n) is 15.5. The number of imidazole rings is 1. The van der Waals surface area contributed by atoms with Gasteiger partial charge in [0.15, 0.2) is 12.3 Å². The second-order valence-electron chi connectivity index (χ2n) is 7.06. The SMILES string of the molecule is Cc1ccn2cc(C(=O)OCC(=O)NC(=O)NC3CCCCC3C)nc2c1. The minimum absolute atomic E-state index is 0.0653. The lowest BCUT2D eigenvalue weighted by molar-refractivity contribution is -0.123. The first-order valence-corrected chi connectivity index (χ1v) is 9.15. The number of esters is 1. The molecule has 3 amide bonds. The van der Waals surface area contributed by atoms with Gasteiger partial charge in [-0.3, -0.25) is 10.1 Å². The zero-order chi connectivity index (χ0) is 19.4. The van der Waals surface area contributed by atoms with E-state index in [1.807, 2.05) is 19.1 Å². The van der Waals surface area contributed by atoms with E-state index in [2.05, 4.69) is 22.5 Å². The Morgan fingerprint density at radius 3 is 2.85 bits per heavy atom. The van der Waals surface area contributed by atoms with Crippen molar-refractivity contribution in [1.82, 2.24) is 20.0 Å². The first kappa shape index (κ1) is 18.9. The van der Waals surface area contributed by atoms with Gasteiger partial charge in [0.25, 0.3) is 5.91 Å². The van der Waals surface area contributed by atoms with Gasteiger partial charge in [0, 0.05) is 18.4 Å². The molecule has 1 aliphatic carbocycles. The van der Waals surface area contributed by atoms with Crippen molar-refractivity contribution in [3.8, 4) is 0 Å². The predicted molar refractivity (Wildman–Crippen MR) is 98.3 cm³/mol. The number of fused-ring (bicyclic) bond motifs is 1. The summed E-state index contributed by atoms with van der Waals surface area (Å²) in [5.41, 5.74) is 1.74. The molecule has 8 nitrogen and oxygen atoms in total. The molecule has 3 rings (SSSR count). The Balaban J connectivity index is 1.47. The largest absolute Gasteiger partial charge is 0.451 e. The summed E-state index contributed by atoms with van der Waals surface area (Å²) in [5, 5.41) is 5.01. The number of nitrogens with one attached hydrogen (secondary N) is 2. The highest BCUT2D eigenvalue weighted by Crippen LogP contribution is 2.23. The number of hydrogen-bond acceptors (Lipinski definition) is 5. The molecule has 0 spiro atoms. The van der Waals surface area contributed by atoms with E-state index >= 15 is 0 Å². The molecule has 0 radical (unpaired) electrons. The Kier molecular flexibility index (Phi) is 5.73. The van der Waals surface area contributed by atoms with Gasteiger partial charge < -0.3 is 14.5 Å². The Labute approximate surface area is 157 Å². The number of carbonyl (C=O) groups is 3. The van der Waals surface area contributed by atoms with Gasteiger partial charge in [0.1, 0.15) is 5.65 Å². The van der Waals surface area contributed by atoms with Crippen LogP contribution in [0.3, 0.4) is 0 Å². The third-order valence-corrected chi connectivity index (χ3v) is 4.84. The lowest BCUT2D eigenvalue weighted by Gasteiger charge is -2.29. The quantitative estimate of drug-likeness (QED) is 0.801. The second kappa shape index (κ2) is 8.20. The molecule has 2 unspecified atom stereocenters. The number of urea groups is 1. The summed E-state index contributed by atoms with van der Waals surface area (Å²) in [5.74, 6) is -1.01. The van der Waals surface area contributed by atoms with Crippen molar-refractivity contribution in [3.05, 3.63) is 35.8 Å². The Bertz CT molecular complexity index is 861. The van der Waals surface area contributed by atoms with Crippen LogP contribution in [0.4, 0.5) is 4.79 Å². The van der Waals surface area contributed by atoms with E-state index in [9.17, 15) is 14.4 Å². The van der Waals surface area contributed by atoms with Crippen molar-refractivity contribution in [3.63, 3.8) is 0 Å². The lowest BCUT2D eigenvalue weighted by Crippen LogP contribution is -2.48. The maximum absolute atomic E-state index is 12.1. The number of imide groups is 1. The van der Waals surface area contributed by atoms with E-state index in [-0.39, 0.29) is 11.7 Å². The number of hydrogen-bond donors (Lipinski definition) is 2. The van der Waals surface area contributed by atoms with Gasteiger partial charge in [0.05, 0.1) is 0 Å². The minimum Gasteiger partial charge on any atom is -0.451 e. The molecule has 8 heteroatoms. The summed E-state index contributed by atoms with van der Waals surface area (Å²) in [6.07, 6.45) is 7.53. The smallest absolute Gasteiger partial charge is 0.359 e. The molecule has 2 aromatic heterocycles. The maximum Gasteiger partial charge on any atom is 0.359 e. The van der Waals surface area contributed by atoms with E-state index in [0.717, 1.165) is 24.8 Å². The van der Waals surface area contributed by atoms with Crippen molar-refractivity contribution >= 4 is 23.6 Å². The number of pyridine rings is 1. The zero-order valence-corrected chi connectivity index (χ0v) is 15.5. The highest BCUT2D eigenvalue weighted by Gasteiger charge is 2.23. The van der Waals surface area contributed by atoms with E-state index < -0.39 is 24.5 Å². The van der Waals surface area contributed by atoms with E-state index in [4.69, 9.17) is 4.74 Å². The third-order valence-electron chi connectivity index (χ3n) is 4.84. The Morgan fingerprint density at radius 2 is 2.07 bits per heavy atom. The molecule has 2 heterocycles. The van der Waals surface area contributed by atoms with Crippen LogP contribution in [0, 0.1) is 12.8 Å². The fraction of sp³-hybridized carbons (Fsp3) is 0.474. The molecule has 0 bridgehead atoms. The van der Waals surface area contributed by atoms with E-state index in [1.54, 1.807) is 10.6 Å². The molecule has 2 aromatic rings. The van der Waals surface area contributed by atoms with Crippen LogP contribution in [0.15, 0.2) is 24.5 Å². The van der Waals surface area contributed by atoms with E-state index in [0.29, 0.717) is 11.6 Å². The molecule has 2 atom stereocenters. The summed E-state index contributed by atoms with van der Waals surface area (Å²) in [7, 11) is 0. The van der Waals surface area contributed by atoms with Crippen LogP contribution in [0.1, 0.15) is 48.7 Å². The van der Waals surface area contributed by atoms with Crippen LogP contribution in [0.5, 0.6) is 0 Å². The fourth-order valence-electron chi connectivity index (χ4n) is 3.28. The van der Waals surface area contributed by atoms with Crippen LogP contribution in [-0.4, -0.2) is 39.9 Å². The standard InChI is InChI=1S/C19H24N4O4/c1-12-7-8-23-10-15(20-16(23)9-12)18(25)27-11-17(24)22-19(26)21-14-6-4-3-5-13(14)2/h7-10,13-14H,3-6,11H2,1-2H3,(H2,21,22,24,26). The third kappa shape index (κ3) is 4.84. The number of aryl methyl sites for hydroxylation is 1. The van der Waals surface area contributed by atoms with Gasteiger partial charge in [-0.1, -0.05) is 19.8 Å². The van der Waals surface area contributed by atoms with Crippen LogP contribution in [0.2, 0.25) is 0 Å². The van der Waals surface area contributed by atoms with Gasteiger partial charge in [0.2, 0.25) is 0 Å². The van der Waals surface area contributed by atoms with E-state index in [1.165, 1.54) is 12.6 Å². The molecule has 2 N–H and O–H groups in total. The lowest BCUT2D eigenvalue weighted by atomic mass is 9.86. The molecule has 1 fully saturated rings. The molecular weight excluding hydrogens is 348 g/mol. The first-order chi connectivity index (χ1) is 12.9. The van der Waals surface area contributed by atoms with Crippen molar-refractivity contribution < 1.29 is 19.1 Å². The molecule has 27 heavy (non-hydrogen) atoms. The highest BCUT2D eigenvalue weighted by atomic mass is 16.5.